The number of aryl methyl sites for hydroxylation is 2. The summed E-state index contributed by atoms with van der Waals surface area (Å²) in [6.45, 7) is 4.49. The highest BCUT2D eigenvalue weighted by Gasteiger charge is 2.28. The Labute approximate surface area is 194 Å². The molecule has 1 aliphatic rings. The number of hydrogen-bond donors (Lipinski definition) is 2. The van der Waals surface area contributed by atoms with Crippen LogP contribution in [-0.4, -0.2) is 52.6 Å². The third kappa shape index (κ3) is 5.00. The Morgan fingerprint density at radius 1 is 1.21 bits per heavy atom. The van der Waals surface area contributed by atoms with Gasteiger partial charge in [0.25, 0.3) is 0 Å². The van der Waals surface area contributed by atoms with Crippen LogP contribution in [0.2, 0.25) is 0 Å². The minimum Gasteiger partial charge on any atom is -0.367 e. The van der Waals surface area contributed by atoms with Crippen molar-refractivity contribution in [3.8, 4) is 27.8 Å². The minimum absolute atomic E-state index is 0.0826. The van der Waals surface area contributed by atoms with Gasteiger partial charge in [-0.3, -0.25) is 15.1 Å². The van der Waals surface area contributed by atoms with Gasteiger partial charge in [-0.15, -0.1) is 0 Å². The molecule has 3 amide bonds. The van der Waals surface area contributed by atoms with Gasteiger partial charge in [0.2, 0.25) is 5.91 Å². The monoisotopic (exact) mass is 462 g/mol. The second kappa shape index (κ2) is 9.36. The maximum absolute atomic E-state index is 12.9. The molecule has 1 aliphatic heterocycles. The van der Waals surface area contributed by atoms with Crippen molar-refractivity contribution < 1.29 is 14.3 Å². The maximum atomic E-state index is 12.9. The van der Waals surface area contributed by atoms with E-state index in [9.17, 15) is 14.9 Å². The van der Waals surface area contributed by atoms with Crippen molar-refractivity contribution in [1.82, 2.24) is 14.9 Å². The summed E-state index contributed by atoms with van der Waals surface area (Å²) in [4.78, 5) is 35.8. The summed E-state index contributed by atoms with van der Waals surface area (Å²) in [5.41, 5.74) is 9.93. The first-order valence-electron chi connectivity index (χ1n) is 10.3. The van der Waals surface area contributed by atoms with Crippen LogP contribution in [0.3, 0.4) is 0 Å². The lowest BCUT2D eigenvalue weighted by molar-refractivity contribution is -0.133. The number of thiazole rings is 1. The largest absolute Gasteiger partial charge is 0.367 e. The SMILES string of the molecule is Cc1cc(-c2sc(NC(=O)N3CCO[C@@H](C(N)=O)C3)nc2-c2cccc(C#N)c2)cc(C)n1. The first-order chi connectivity index (χ1) is 15.8. The van der Waals surface area contributed by atoms with Crippen molar-refractivity contribution in [1.29, 1.82) is 5.26 Å². The number of nitrogens with zero attached hydrogens (tertiary/aromatic N) is 4. The van der Waals surface area contributed by atoms with Crippen LogP contribution in [0.15, 0.2) is 36.4 Å². The number of nitrogens with one attached hydrogen (secondary N) is 1. The number of benzene rings is 1. The molecule has 0 radical (unpaired) electrons. The highest BCUT2D eigenvalue weighted by molar-refractivity contribution is 7.19. The number of amides is 3. The second-order valence-electron chi connectivity index (χ2n) is 7.67. The van der Waals surface area contributed by atoms with Gasteiger partial charge in [-0.2, -0.15) is 5.26 Å². The van der Waals surface area contributed by atoms with E-state index in [4.69, 9.17) is 10.5 Å². The molecule has 168 valence electrons. The smallest absolute Gasteiger partial charge is 0.323 e. The zero-order chi connectivity index (χ0) is 23.5. The van der Waals surface area contributed by atoms with Crippen molar-refractivity contribution in [2.24, 2.45) is 5.73 Å². The molecule has 10 heteroatoms. The van der Waals surface area contributed by atoms with Gasteiger partial charge < -0.3 is 15.4 Å². The summed E-state index contributed by atoms with van der Waals surface area (Å²) >= 11 is 1.33. The molecule has 0 aliphatic carbocycles. The number of carbonyl (C=O) groups is 2. The Morgan fingerprint density at radius 3 is 2.67 bits per heavy atom. The molecule has 0 bridgehead atoms. The van der Waals surface area contributed by atoms with E-state index in [0.717, 1.165) is 27.4 Å². The van der Waals surface area contributed by atoms with Crippen LogP contribution in [0.25, 0.3) is 21.7 Å². The van der Waals surface area contributed by atoms with E-state index in [1.165, 1.54) is 16.2 Å². The van der Waals surface area contributed by atoms with E-state index in [0.29, 0.717) is 22.9 Å². The van der Waals surface area contributed by atoms with Crippen molar-refractivity contribution in [3.05, 3.63) is 53.3 Å². The number of nitriles is 1. The summed E-state index contributed by atoms with van der Waals surface area (Å²) in [5, 5.41) is 12.6. The predicted molar refractivity (Wildman–Crippen MR) is 124 cm³/mol. The lowest BCUT2D eigenvalue weighted by Gasteiger charge is -2.31. The second-order valence-corrected chi connectivity index (χ2v) is 8.66. The third-order valence-electron chi connectivity index (χ3n) is 5.12. The fourth-order valence-electron chi connectivity index (χ4n) is 3.64. The lowest BCUT2D eigenvalue weighted by Crippen LogP contribution is -2.51. The van der Waals surface area contributed by atoms with Crippen LogP contribution >= 0.6 is 11.3 Å². The average molecular weight is 463 g/mol. The molecule has 3 heterocycles. The Morgan fingerprint density at radius 2 is 1.97 bits per heavy atom. The Bertz CT molecular complexity index is 1250. The van der Waals surface area contributed by atoms with E-state index in [1.54, 1.807) is 18.2 Å². The van der Waals surface area contributed by atoms with Gasteiger partial charge in [0.1, 0.15) is 0 Å². The van der Waals surface area contributed by atoms with E-state index in [-0.39, 0.29) is 19.2 Å². The zero-order valence-electron chi connectivity index (χ0n) is 18.2. The third-order valence-corrected chi connectivity index (χ3v) is 6.14. The van der Waals surface area contributed by atoms with Gasteiger partial charge >= 0.3 is 6.03 Å². The zero-order valence-corrected chi connectivity index (χ0v) is 19.0. The number of ether oxygens (including phenoxy) is 1. The molecule has 33 heavy (non-hydrogen) atoms. The van der Waals surface area contributed by atoms with Crippen molar-refractivity contribution in [3.63, 3.8) is 0 Å². The molecule has 2 aromatic heterocycles. The van der Waals surface area contributed by atoms with E-state index < -0.39 is 12.0 Å². The molecule has 1 aromatic carbocycles. The van der Waals surface area contributed by atoms with Crippen molar-refractivity contribution in [2.45, 2.75) is 20.0 Å². The number of pyridine rings is 1. The molecule has 9 nitrogen and oxygen atoms in total. The van der Waals surface area contributed by atoms with Gasteiger partial charge in [-0.25, -0.2) is 9.78 Å². The van der Waals surface area contributed by atoms with Crippen LogP contribution in [0.1, 0.15) is 17.0 Å². The molecular formula is C23H22N6O3S. The Kier molecular flexibility index (Phi) is 6.35. The van der Waals surface area contributed by atoms with E-state index >= 15 is 0 Å². The summed E-state index contributed by atoms with van der Waals surface area (Å²) in [6.07, 6.45) is -0.830. The first-order valence-corrected chi connectivity index (χ1v) is 11.1. The summed E-state index contributed by atoms with van der Waals surface area (Å²) in [7, 11) is 0. The van der Waals surface area contributed by atoms with Crippen LogP contribution in [0, 0.1) is 25.2 Å². The Balaban J connectivity index is 1.69. The molecule has 0 saturated carbocycles. The van der Waals surface area contributed by atoms with Crippen LogP contribution in [0.5, 0.6) is 0 Å². The molecule has 1 fully saturated rings. The molecule has 3 N–H and O–H groups in total. The minimum atomic E-state index is -0.830. The van der Waals surface area contributed by atoms with E-state index in [1.807, 2.05) is 32.0 Å². The topological polar surface area (TPSA) is 134 Å². The fourth-order valence-corrected chi connectivity index (χ4v) is 4.61. The predicted octanol–water partition coefficient (Wildman–Crippen LogP) is 3.08. The number of nitrogens with two attached hydrogens (primary N) is 1. The molecule has 1 atom stereocenters. The number of aromatic nitrogens is 2. The standard InChI is InChI=1S/C23H22N6O3S/c1-13-8-17(9-14(2)26-13)20-19(16-5-3-4-15(10-16)11-24)27-22(33-20)28-23(31)29-6-7-32-18(12-29)21(25)30/h3-5,8-10,18H,6-7,12H2,1-2H3,(H2,25,30)(H,27,28,31)/t18-/m1/s1. The number of primary amides is 1. The summed E-state index contributed by atoms with van der Waals surface area (Å²) in [5.74, 6) is -0.605. The van der Waals surface area contributed by atoms with Gasteiger partial charge in [0, 0.05) is 23.5 Å². The molecule has 0 unspecified atom stereocenters. The normalized spacial score (nSPS) is 15.7. The van der Waals surface area contributed by atoms with Crippen LogP contribution in [0.4, 0.5) is 9.93 Å². The number of anilines is 1. The van der Waals surface area contributed by atoms with Crippen molar-refractivity contribution >= 4 is 28.4 Å². The van der Waals surface area contributed by atoms with Gasteiger partial charge in [-0.05, 0) is 43.7 Å². The van der Waals surface area contributed by atoms with Gasteiger partial charge in [0.05, 0.1) is 35.4 Å². The molecule has 0 spiro atoms. The molecule has 3 aromatic rings. The quantitative estimate of drug-likeness (QED) is 0.612. The molecule has 4 rings (SSSR count). The molecular weight excluding hydrogens is 440 g/mol. The van der Waals surface area contributed by atoms with Crippen LogP contribution < -0.4 is 11.1 Å². The van der Waals surface area contributed by atoms with E-state index in [2.05, 4.69) is 21.4 Å². The average Bonchev–Trinajstić information content (AvgIpc) is 3.22. The molecule has 1 saturated heterocycles. The fraction of sp³-hybridized carbons (Fsp3) is 0.261. The lowest BCUT2D eigenvalue weighted by atomic mass is 10.0. The highest BCUT2D eigenvalue weighted by Crippen LogP contribution is 2.39. The maximum Gasteiger partial charge on any atom is 0.323 e. The Hall–Kier alpha value is -3.81. The first kappa shape index (κ1) is 22.4. The van der Waals surface area contributed by atoms with Crippen LogP contribution in [-0.2, 0) is 9.53 Å². The number of rotatable bonds is 4. The number of carbonyl (C=O) groups excluding carboxylic acids is 2. The van der Waals surface area contributed by atoms with Gasteiger partial charge in [0.15, 0.2) is 11.2 Å². The summed E-state index contributed by atoms with van der Waals surface area (Å²) in [6, 6.07) is 12.9. The van der Waals surface area contributed by atoms with Gasteiger partial charge in [-0.1, -0.05) is 23.5 Å². The number of morpholine rings is 1. The summed E-state index contributed by atoms with van der Waals surface area (Å²) < 4.78 is 5.31. The van der Waals surface area contributed by atoms with Crippen molar-refractivity contribution in [2.75, 3.05) is 25.0 Å². The number of hydrogen-bond acceptors (Lipinski definition) is 7. The number of urea groups is 1. The highest BCUT2D eigenvalue weighted by atomic mass is 32.1.